The lowest BCUT2D eigenvalue weighted by atomic mass is 9.70. The fraction of sp³-hybridized carbons (Fsp3) is 0.591. The Morgan fingerprint density at radius 3 is 2.59 bits per heavy atom. The summed E-state index contributed by atoms with van der Waals surface area (Å²) in [6.45, 7) is 8.17. The van der Waals surface area contributed by atoms with Gasteiger partial charge in [-0.05, 0) is 51.9 Å². The largest absolute Gasteiger partial charge is 0.484 e. The lowest BCUT2D eigenvalue weighted by Gasteiger charge is -2.43. The fourth-order valence-corrected chi connectivity index (χ4v) is 4.87. The summed E-state index contributed by atoms with van der Waals surface area (Å²) >= 11 is 0. The van der Waals surface area contributed by atoms with E-state index in [1.165, 1.54) is 0 Å². The fourth-order valence-electron chi connectivity index (χ4n) is 4.87. The second kappa shape index (κ2) is 8.14. The number of likely N-dealkylation sites (tertiary alicyclic amines) is 2. The van der Waals surface area contributed by atoms with Crippen molar-refractivity contribution in [3.05, 3.63) is 42.5 Å². The molecule has 2 fully saturated rings. The highest BCUT2D eigenvalue weighted by Gasteiger charge is 2.51. The maximum absolute atomic E-state index is 13.0. The van der Waals surface area contributed by atoms with Gasteiger partial charge < -0.3 is 19.1 Å². The zero-order valence-corrected chi connectivity index (χ0v) is 17.6. The van der Waals surface area contributed by atoms with Crippen LogP contribution in [0.15, 0.2) is 36.7 Å². The van der Waals surface area contributed by atoms with Crippen LogP contribution in [0.1, 0.15) is 38.4 Å². The summed E-state index contributed by atoms with van der Waals surface area (Å²) in [7, 11) is 2.00. The van der Waals surface area contributed by atoms with Gasteiger partial charge in [-0.3, -0.25) is 4.79 Å². The Hall–Kier alpha value is -2.41. The van der Waals surface area contributed by atoms with Crippen LogP contribution in [0.5, 0.6) is 5.75 Å². The van der Waals surface area contributed by atoms with Gasteiger partial charge in [-0.25, -0.2) is 0 Å². The maximum Gasteiger partial charge on any atom is 0.260 e. The second-order valence-corrected chi connectivity index (χ2v) is 8.72. The predicted molar refractivity (Wildman–Crippen MR) is 111 cm³/mol. The van der Waals surface area contributed by atoms with E-state index < -0.39 is 0 Å². The summed E-state index contributed by atoms with van der Waals surface area (Å²) in [6.07, 6.45) is 3.91. The summed E-state index contributed by atoms with van der Waals surface area (Å²) < 4.78 is 7.73. The number of rotatable bonds is 5. The smallest absolute Gasteiger partial charge is 0.260 e. The molecule has 1 aromatic heterocycles. The van der Waals surface area contributed by atoms with Crippen molar-refractivity contribution in [3.8, 4) is 5.75 Å². The molecule has 7 heteroatoms. The summed E-state index contributed by atoms with van der Waals surface area (Å²) in [5, 5.41) is 8.53. The van der Waals surface area contributed by atoms with Crippen LogP contribution in [-0.4, -0.2) is 69.3 Å². The van der Waals surface area contributed by atoms with Crippen LogP contribution < -0.4 is 4.74 Å². The topological polar surface area (TPSA) is 63.5 Å². The van der Waals surface area contributed by atoms with Crippen molar-refractivity contribution in [2.45, 2.75) is 38.6 Å². The number of amides is 1. The second-order valence-electron chi connectivity index (χ2n) is 8.72. The van der Waals surface area contributed by atoms with Gasteiger partial charge in [-0.2, -0.15) is 0 Å². The molecule has 1 aromatic carbocycles. The molecule has 2 aromatic rings. The molecule has 29 heavy (non-hydrogen) atoms. The van der Waals surface area contributed by atoms with Crippen molar-refractivity contribution < 1.29 is 9.53 Å². The van der Waals surface area contributed by atoms with Crippen molar-refractivity contribution in [1.29, 1.82) is 0 Å². The van der Waals surface area contributed by atoms with Crippen LogP contribution in [0, 0.1) is 5.41 Å². The van der Waals surface area contributed by atoms with E-state index in [2.05, 4.69) is 28.9 Å². The highest BCUT2D eigenvalue weighted by Crippen LogP contribution is 2.49. The maximum atomic E-state index is 13.0. The summed E-state index contributed by atoms with van der Waals surface area (Å²) in [5.74, 6) is 1.97. The van der Waals surface area contributed by atoms with Crippen molar-refractivity contribution in [2.75, 3.05) is 32.8 Å². The summed E-state index contributed by atoms with van der Waals surface area (Å²) in [6, 6.07) is 10.1. The van der Waals surface area contributed by atoms with Gasteiger partial charge in [0.15, 0.2) is 6.61 Å². The van der Waals surface area contributed by atoms with Crippen LogP contribution in [0.3, 0.4) is 0 Å². The van der Waals surface area contributed by atoms with Crippen LogP contribution >= 0.6 is 0 Å². The first-order valence-corrected chi connectivity index (χ1v) is 10.5. The van der Waals surface area contributed by atoms with E-state index in [4.69, 9.17) is 4.74 Å². The molecular weight excluding hydrogens is 366 g/mol. The molecule has 0 radical (unpaired) electrons. The van der Waals surface area contributed by atoms with Crippen LogP contribution in [0.25, 0.3) is 0 Å². The van der Waals surface area contributed by atoms with E-state index >= 15 is 0 Å². The van der Waals surface area contributed by atoms with E-state index in [0.29, 0.717) is 12.6 Å². The van der Waals surface area contributed by atoms with E-state index in [-0.39, 0.29) is 23.8 Å². The zero-order valence-electron chi connectivity index (χ0n) is 17.6. The molecule has 156 valence electrons. The number of hydrogen-bond donors (Lipinski definition) is 0. The van der Waals surface area contributed by atoms with Gasteiger partial charge in [0.1, 0.15) is 17.9 Å². The molecule has 2 saturated heterocycles. The SMILES string of the molecule is CC(C)N1CCC2(CC1)CN(C(=O)COc1ccccc1)CC2c1nncn1C. The summed E-state index contributed by atoms with van der Waals surface area (Å²) in [5.41, 5.74) is 0.0641. The number of nitrogens with zero attached hydrogens (tertiary/aromatic N) is 5. The highest BCUT2D eigenvalue weighted by molar-refractivity contribution is 5.78. The number of benzene rings is 1. The molecule has 0 bridgehead atoms. The quantitative estimate of drug-likeness (QED) is 0.775. The molecule has 3 heterocycles. The number of aromatic nitrogens is 3. The molecule has 1 atom stereocenters. The first-order chi connectivity index (χ1) is 14.0. The zero-order chi connectivity index (χ0) is 20.4. The van der Waals surface area contributed by atoms with Crippen LogP contribution in [0.4, 0.5) is 0 Å². The average molecular weight is 398 g/mol. The van der Waals surface area contributed by atoms with E-state index in [9.17, 15) is 4.79 Å². The first kappa shape index (κ1) is 19.9. The molecule has 0 N–H and O–H groups in total. The predicted octanol–water partition coefficient (Wildman–Crippen LogP) is 2.31. The molecule has 0 aliphatic carbocycles. The van der Waals surface area contributed by atoms with Crippen molar-refractivity contribution in [1.82, 2.24) is 24.6 Å². The Labute approximate surface area is 172 Å². The highest BCUT2D eigenvalue weighted by atomic mass is 16.5. The number of carbonyl (C=O) groups is 1. The number of ether oxygens (including phenoxy) is 1. The molecule has 2 aliphatic rings. The lowest BCUT2D eigenvalue weighted by molar-refractivity contribution is -0.132. The minimum absolute atomic E-state index is 0.0455. The third kappa shape index (κ3) is 4.01. The molecule has 2 aliphatic heterocycles. The molecule has 1 amide bonds. The Kier molecular flexibility index (Phi) is 5.58. The normalized spacial score (nSPS) is 21.8. The van der Waals surface area contributed by atoms with Gasteiger partial charge in [0.2, 0.25) is 0 Å². The Morgan fingerprint density at radius 1 is 1.24 bits per heavy atom. The molecule has 1 unspecified atom stereocenters. The minimum atomic E-state index is 0.0455. The Morgan fingerprint density at radius 2 is 1.97 bits per heavy atom. The van der Waals surface area contributed by atoms with Crippen molar-refractivity contribution in [3.63, 3.8) is 0 Å². The third-order valence-electron chi connectivity index (χ3n) is 6.69. The molecule has 1 spiro atoms. The van der Waals surface area contributed by atoms with Gasteiger partial charge in [0.25, 0.3) is 5.91 Å². The monoisotopic (exact) mass is 397 g/mol. The first-order valence-electron chi connectivity index (χ1n) is 10.5. The van der Waals surface area contributed by atoms with Gasteiger partial charge >= 0.3 is 0 Å². The van der Waals surface area contributed by atoms with Crippen molar-refractivity contribution >= 4 is 5.91 Å². The van der Waals surface area contributed by atoms with Crippen molar-refractivity contribution in [2.24, 2.45) is 12.5 Å². The van der Waals surface area contributed by atoms with Gasteiger partial charge in [-0.15, -0.1) is 10.2 Å². The Balaban J connectivity index is 1.49. The molecule has 0 saturated carbocycles. The number of carbonyl (C=O) groups excluding carboxylic acids is 1. The standard InChI is InChI=1S/C22H31N5O2/c1-17(2)26-11-9-22(10-12-26)15-27(13-19(22)21-24-23-16-25(21)3)20(28)14-29-18-7-5-4-6-8-18/h4-8,16-17,19H,9-15H2,1-3H3. The number of hydrogen-bond acceptors (Lipinski definition) is 5. The molecular formula is C22H31N5O2. The number of piperidine rings is 1. The van der Waals surface area contributed by atoms with Crippen LogP contribution in [-0.2, 0) is 11.8 Å². The molecule has 7 nitrogen and oxygen atoms in total. The van der Waals surface area contributed by atoms with Gasteiger partial charge in [0.05, 0.1) is 0 Å². The van der Waals surface area contributed by atoms with E-state index in [1.54, 1.807) is 6.33 Å². The Bertz CT molecular complexity index is 827. The molecule has 4 rings (SSSR count). The lowest BCUT2D eigenvalue weighted by Crippen LogP contribution is -2.46. The third-order valence-corrected chi connectivity index (χ3v) is 6.69. The van der Waals surface area contributed by atoms with Gasteiger partial charge in [-0.1, -0.05) is 18.2 Å². The average Bonchev–Trinajstić information content (AvgIpc) is 3.31. The number of aryl methyl sites for hydroxylation is 1. The summed E-state index contributed by atoms with van der Waals surface area (Å²) in [4.78, 5) is 17.5. The van der Waals surface area contributed by atoms with Gasteiger partial charge in [0, 0.05) is 37.5 Å². The minimum Gasteiger partial charge on any atom is -0.484 e. The number of para-hydroxylation sites is 1. The van der Waals surface area contributed by atoms with E-state index in [0.717, 1.165) is 44.0 Å². The van der Waals surface area contributed by atoms with Crippen LogP contribution in [0.2, 0.25) is 0 Å². The van der Waals surface area contributed by atoms with E-state index in [1.807, 2.05) is 46.8 Å².